The van der Waals surface area contributed by atoms with Crippen LogP contribution in [0.3, 0.4) is 0 Å². The van der Waals surface area contributed by atoms with Crippen molar-refractivity contribution in [3.05, 3.63) is 76.1 Å². The molecule has 0 saturated heterocycles. The number of methoxy groups -OCH3 is 1. The fourth-order valence-electron chi connectivity index (χ4n) is 4.00. The zero-order valence-electron chi connectivity index (χ0n) is 20.3. The minimum atomic E-state index is -4.10. The lowest BCUT2D eigenvalue weighted by Crippen LogP contribution is -2.36. The molecule has 0 saturated carbocycles. The number of carbonyl (C=O) groups is 2. The molecule has 9 nitrogen and oxygen atoms in total. The summed E-state index contributed by atoms with van der Waals surface area (Å²) in [5.74, 6) is -1.32. The highest BCUT2D eigenvalue weighted by Crippen LogP contribution is 2.39. The maximum absolute atomic E-state index is 13.5. The Morgan fingerprint density at radius 1 is 1.00 bits per heavy atom. The zero-order valence-corrected chi connectivity index (χ0v) is 21.9. The van der Waals surface area contributed by atoms with Crippen molar-refractivity contribution in [1.29, 1.82) is 0 Å². The first-order valence-corrected chi connectivity index (χ1v) is 12.8. The molecule has 4 rings (SSSR count). The molecule has 1 aliphatic rings. The molecule has 1 aromatic heterocycles. The number of ether oxygens (including phenoxy) is 1. The number of anilines is 2. The fourth-order valence-corrected chi connectivity index (χ4v) is 5.31. The van der Waals surface area contributed by atoms with E-state index in [2.05, 4.69) is 4.72 Å². The van der Waals surface area contributed by atoms with Crippen LogP contribution in [0.4, 0.5) is 11.4 Å². The summed E-state index contributed by atoms with van der Waals surface area (Å²) in [6, 6.07) is 9.11. The summed E-state index contributed by atoms with van der Waals surface area (Å²) in [6.07, 6.45) is 2.45. The molecular formula is C25H25ClN3O6S+. The summed E-state index contributed by atoms with van der Waals surface area (Å²) in [5, 5.41) is 10.0. The van der Waals surface area contributed by atoms with Crippen LogP contribution in [0.5, 0.6) is 5.75 Å². The van der Waals surface area contributed by atoms with E-state index in [-0.39, 0.29) is 43.6 Å². The number of amides is 2. The zero-order chi connectivity index (χ0) is 26.6. The molecule has 0 aliphatic carbocycles. The van der Waals surface area contributed by atoms with Crippen LogP contribution in [0.15, 0.2) is 53.7 Å². The van der Waals surface area contributed by atoms with E-state index in [0.29, 0.717) is 10.3 Å². The van der Waals surface area contributed by atoms with Crippen molar-refractivity contribution in [1.82, 2.24) is 0 Å². The van der Waals surface area contributed by atoms with Crippen molar-refractivity contribution in [3.8, 4) is 5.75 Å². The van der Waals surface area contributed by atoms with E-state index in [9.17, 15) is 23.2 Å². The third-order valence-electron chi connectivity index (χ3n) is 5.98. The van der Waals surface area contributed by atoms with Gasteiger partial charge in [-0.15, -0.1) is 0 Å². The molecule has 36 heavy (non-hydrogen) atoms. The second-order valence-electron chi connectivity index (χ2n) is 9.39. The largest absolute Gasteiger partial charge is 0.490 e. The number of halogens is 1. The van der Waals surface area contributed by atoms with Gasteiger partial charge >= 0.3 is 0 Å². The van der Waals surface area contributed by atoms with Crippen LogP contribution >= 0.6 is 11.6 Å². The van der Waals surface area contributed by atoms with Gasteiger partial charge in [0.1, 0.15) is 5.69 Å². The Morgan fingerprint density at radius 3 is 2.19 bits per heavy atom. The minimum absolute atomic E-state index is 0.00205. The summed E-state index contributed by atoms with van der Waals surface area (Å²) in [5.41, 5.74) is 0.854. The van der Waals surface area contributed by atoms with Crippen LogP contribution < -0.4 is 19.1 Å². The number of hydrogen-bond donors (Lipinski definition) is 2. The first-order valence-electron chi connectivity index (χ1n) is 10.9. The summed E-state index contributed by atoms with van der Waals surface area (Å²) in [6.45, 7) is 7.66. The fraction of sp³-hybridized carbons (Fsp3) is 0.240. The van der Waals surface area contributed by atoms with Gasteiger partial charge in [0.05, 0.1) is 33.8 Å². The molecule has 0 fully saturated rings. The molecule has 1 aliphatic heterocycles. The first-order chi connectivity index (χ1) is 16.8. The van der Waals surface area contributed by atoms with Gasteiger partial charge in [-0.1, -0.05) is 44.5 Å². The number of rotatable bonds is 5. The molecule has 0 unspecified atom stereocenters. The molecule has 0 bridgehead atoms. The number of aromatic nitrogens is 1. The summed E-state index contributed by atoms with van der Waals surface area (Å²) < 4.78 is 34.6. The van der Waals surface area contributed by atoms with Crippen LogP contribution in [0.1, 0.15) is 52.6 Å². The summed E-state index contributed by atoms with van der Waals surface area (Å²) in [7, 11) is -2.72. The number of imide groups is 1. The van der Waals surface area contributed by atoms with Crippen LogP contribution in [-0.2, 0) is 15.4 Å². The second-order valence-corrected chi connectivity index (χ2v) is 11.5. The lowest BCUT2D eigenvalue weighted by Gasteiger charge is -2.19. The van der Waals surface area contributed by atoms with Gasteiger partial charge in [-0.25, -0.2) is 13.3 Å². The Kier molecular flexibility index (Phi) is 6.22. The van der Waals surface area contributed by atoms with E-state index in [4.69, 9.17) is 16.3 Å². The second kappa shape index (κ2) is 8.79. The van der Waals surface area contributed by atoms with Crippen molar-refractivity contribution >= 4 is 44.8 Å². The van der Waals surface area contributed by atoms with E-state index in [1.807, 2.05) is 20.8 Å². The number of benzene rings is 2. The van der Waals surface area contributed by atoms with Crippen molar-refractivity contribution < 1.29 is 32.7 Å². The van der Waals surface area contributed by atoms with E-state index in [1.165, 1.54) is 43.8 Å². The normalized spacial score (nSPS) is 13.7. The van der Waals surface area contributed by atoms with Gasteiger partial charge in [-0.2, -0.15) is 0 Å². The Hall–Kier alpha value is -3.63. The van der Waals surface area contributed by atoms with Gasteiger partial charge in [-0.05, 0) is 42.2 Å². The topological polar surface area (TPSA) is 117 Å². The van der Waals surface area contributed by atoms with Gasteiger partial charge in [0.2, 0.25) is 6.20 Å². The Bertz CT molecular complexity index is 1510. The number of fused-ring (bicyclic) bond motifs is 1. The maximum Gasteiger partial charge on any atom is 0.268 e. The number of hydrogen-bond acceptors (Lipinski definition) is 6. The maximum atomic E-state index is 13.5. The summed E-state index contributed by atoms with van der Waals surface area (Å²) >= 11 is 6.28. The standard InChI is InChI=1S/C25H24ClN3O6S/c1-14-19(12-28(32)13-20(14)35-5)29-23(30)21-17(26)10-11-18(22(21)24(29)31)27-36(33,34)16-8-6-15(7-9-16)25(2,3)4/h6-13H,1-5H3,(H-,27,31,32)/p+1. The number of nitrogens with one attached hydrogen (secondary N) is 1. The van der Waals surface area contributed by atoms with Crippen LogP contribution in [0.25, 0.3) is 0 Å². The molecule has 11 heteroatoms. The molecule has 0 atom stereocenters. The third-order valence-corrected chi connectivity index (χ3v) is 7.68. The lowest BCUT2D eigenvalue weighted by molar-refractivity contribution is -0.904. The van der Waals surface area contributed by atoms with E-state index in [1.54, 1.807) is 19.1 Å². The van der Waals surface area contributed by atoms with Gasteiger partial charge in [0.15, 0.2) is 5.75 Å². The van der Waals surface area contributed by atoms with Gasteiger partial charge in [-0.3, -0.25) is 19.5 Å². The lowest BCUT2D eigenvalue weighted by atomic mass is 9.87. The molecule has 2 N–H and O–H groups in total. The quantitative estimate of drug-likeness (QED) is 0.291. The Balaban J connectivity index is 1.77. The van der Waals surface area contributed by atoms with Crippen LogP contribution in [-0.4, -0.2) is 32.5 Å². The molecule has 2 amide bonds. The summed E-state index contributed by atoms with van der Waals surface area (Å²) in [4.78, 5) is 27.7. The predicted octanol–water partition coefficient (Wildman–Crippen LogP) is 4.08. The highest BCUT2D eigenvalue weighted by molar-refractivity contribution is 7.92. The van der Waals surface area contributed by atoms with E-state index < -0.39 is 21.8 Å². The van der Waals surface area contributed by atoms with Crippen LogP contribution in [0, 0.1) is 6.92 Å². The van der Waals surface area contributed by atoms with E-state index >= 15 is 0 Å². The molecule has 0 spiro atoms. The minimum Gasteiger partial charge on any atom is -0.490 e. The number of sulfonamides is 1. The molecule has 2 heterocycles. The molecule has 0 radical (unpaired) electrons. The molecule has 3 aromatic rings. The van der Waals surface area contributed by atoms with Crippen molar-refractivity contribution in [2.45, 2.75) is 38.0 Å². The van der Waals surface area contributed by atoms with Gasteiger partial charge < -0.3 is 4.74 Å². The predicted molar refractivity (Wildman–Crippen MR) is 134 cm³/mol. The third kappa shape index (κ3) is 4.27. The van der Waals surface area contributed by atoms with Crippen molar-refractivity contribution in [2.24, 2.45) is 0 Å². The average molecular weight is 531 g/mol. The Morgan fingerprint density at radius 2 is 1.61 bits per heavy atom. The molecule has 188 valence electrons. The monoisotopic (exact) mass is 530 g/mol. The first kappa shape index (κ1) is 25.5. The molecule has 2 aromatic carbocycles. The smallest absolute Gasteiger partial charge is 0.268 e. The van der Waals surface area contributed by atoms with Crippen molar-refractivity contribution in [3.63, 3.8) is 0 Å². The SMILES string of the molecule is COc1c[n+](O)cc(N2C(=O)c3c(Cl)ccc(NS(=O)(=O)c4ccc(C(C)(C)C)cc4)c3C2=O)c1C. The van der Waals surface area contributed by atoms with Crippen molar-refractivity contribution in [2.75, 3.05) is 16.7 Å². The number of nitrogens with zero attached hydrogens (tertiary/aromatic N) is 2. The number of carbonyl (C=O) groups excluding carboxylic acids is 2. The van der Waals surface area contributed by atoms with Gasteiger partial charge in [0, 0.05) is 10.3 Å². The Labute approximate surface area is 213 Å². The highest BCUT2D eigenvalue weighted by Gasteiger charge is 2.43. The molecular weight excluding hydrogens is 506 g/mol. The van der Waals surface area contributed by atoms with Crippen LogP contribution in [0.2, 0.25) is 5.02 Å². The van der Waals surface area contributed by atoms with E-state index in [0.717, 1.165) is 10.5 Å². The highest BCUT2D eigenvalue weighted by atomic mass is 35.5. The number of pyridine rings is 1. The average Bonchev–Trinajstić information content (AvgIpc) is 3.07. The van der Waals surface area contributed by atoms with Gasteiger partial charge in [0.25, 0.3) is 28.0 Å².